The van der Waals surface area contributed by atoms with Crippen molar-refractivity contribution in [3.8, 4) is 11.6 Å². The van der Waals surface area contributed by atoms with Crippen molar-refractivity contribution in [2.24, 2.45) is 0 Å². The average molecular weight is 555 g/mol. The van der Waals surface area contributed by atoms with Crippen molar-refractivity contribution < 1.29 is 9.53 Å². The molecule has 0 unspecified atom stereocenters. The van der Waals surface area contributed by atoms with Crippen molar-refractivity contribution >= 4 is 50.5 Å². The first-order valence-corrected chi connectivity index (χ1v) is 14.9. The number of aromatic nitrogens is 2. The Labute approximate surface area is 238 Å². The van der Waals surface area contributed by atoms with E-state index in [0.29, 0.717) is 23.3 Å². The van der Waals surface area contributed by atoms with Gasteiger partial charge >= 0.3 is 0 Å². The molecule has 2 aliphatic rings. The number of piperidine rings is 2. The van der Waals surface area contributed by atoms with Gasteiger partial charge in [0.05, 0.1) is 5.52 Å². The van der Waals surface area contributed by atoms with Crippen LogP contribution in [0.25, 0.3) is 10.2 Å². The van der Waals surface area contributed by atoms with Gasteiger partial charge in [-0.1, -0.05) is 19.1 Å². The third kappa shape index (κ3) is 6.11. The van der Waals surface area contributed by atoms with E-state index in [1.54, 1.807) is 12.1 Å². The lowest BCUT2D eigenvalue weighted by Crippen LogP contribution is -2.46. The Morgan fingerprint density at radius 3 is 2.55 bits per heavy atom. The molecule has 4 heterocycles. The van der Waals surface area contributed by atoms with Gasteiger partial charge in [0.25, 0.3) is 0 Å². The van der Waals surface area contributed by atoms with Gasteiger partial charge in [0.1, 0.15) is 10.4 Å². The minimum absolute atomic E-state index is 0.278. The van der Waals surface area contributed by atoms with Crippen molar-refractivity contribution in [3.63, 3.8) is 0 Å². The molecule has 4 aromatic rings. The molecule has 2 aromatic heterocycles. The fraction of sp³-hybridized carbons (Fsp3) is 0.323. The standard InChI is InChI=1S/C31H34N6O2S/c1-2-28(38)32-23-7-6-8-26(21-23)39-30-29-27(15-20-40-29)34-31(35-30)33-22-9-11-24(12-10-22)37-18-13-25(14-19-37)36-16-4-3-5-17-36/h2,6-12,15,20-21,25H,1,3-5,13-14,16-19H2,(H,32,38)(H,33,34,35). The summed E-state index contributed by atoms with van der Waals surface area (Å²) in [6.07, 6.45) is 7.81. The minimum Gasteiger partial charge on any atom is -0.437 e. The molecule has 2 fully saturated rings. The zero-order valence-corrected chi connectivity index (χ0v) is 23.3. The highest BCUT2D eigenvalue weighted by Gasteiger charge is 2.25. The first-order valence-electron chi connectivity index (χ1n) is 14.0. The third-order valence-corrected chi connectivity index (χ3v) is 8.53. The monoisotopic (exact) mass is 554 g/mol. The van der Waals surface area contributed by atoms with Crippen LogP contribution in [0.5, 0.6) is 11.6 Å². The van der Waals surface area contributed by atoms with E-state index in [-0.39, 0.29) is 5.91 Å². The summed E-state index contributed by atoms with van der Waals surface area (Å²) < 4.78 is 7.02. The van der Waals surface area contributed by atoms with E-state index < -0.39 is 0 Å². The maximum atomic E-state index is 11.7. The number of carbonyl (C=O) groups excluding carboxylic acids is 1. The number of fused-ring (bicyclic) bond motifs is 1. The Bertz CT molecular complexity index is 1470. The zero-order chi connectivity index (χ0) is 27.3. The number of hydrogen-bond donors (Lipinski definition) is 2. The van der Waals surface area contributed by atoms with Crippen molar-refractivity contribution in [2.75, 3.05) is 41.7 Å². The summed E-state index contributed by atoms with van der Waals surface area (Å²) in [7, 11) is 0. The van der Waals surface area contributed by atoms with Crippen LogP contribution in [-0.2, 0) is 4.79 Å². The lowest BCUT2D eigenvalue weighted by atomic mass is 9.99. The van der Waals surface area contributed by atoms with Crippen molar-refractivity contribution in [1.82, 2.24) is 14.9 Å². The number of carbonyl (C=O) groups is 1. The first kappa shape index (κ1) is 26.3. The SMILES string of the molecule is C=CC(=O)Nc1cccc(Oc2nc(Nc3ccc(N4CCC(N5CCCCC5)CC4)cc3)nc3ccsc23)c1. The maximum absolute atomic E-state index is 11.7. The van der Waals surface area contributed by atoms with E-state index in [1.807, 2.05) is 23.6 Å². The van der Waals surface area contributed by atoms with Crippen LogP contribution in [0.3, 0.4) is 0 Å². The molecule has 2 aromatic carbocycles. The molecule has 8 nitrogen and oxygen atoms in total. The average Bonchev–Trinajstić information content (AvgIpc) is 3.47. The predicted molar refractivity (Wildman–Crippen MR) is 163 cm³/mol. The van der Waals surface area contributed by atoms with Crippen LogP contribution < -0.4 is 20.3 Å². The second-order valence-corrected chi connectivity index (χ2v) is 11.2. The van der Waals surface area contributed by atoms with Gasteiger partial charge in [-0.25, -0.2) is 4.98 Å². The van der Waals surface area contributed by atoms with Crippen LogP contribution in [0, 0.1) is 0 Å². The second-order valence-electron chi connectivity index (χ2n) is 10.3. The molecule has 0 saturated carbocycles. The number of rotatable bonds is 8. The Balaban J connectivity index is 1.12. The number of hydrogen-bond acceptors (Lipinski definition) is 8. The van der Waals surface area contributed by atoms with Crippen LogP contribution in [0.1, 0.15) is 32.1 Å². The number of likely N-dealkylation sites (tertiary alicyclic amines) is 1. The molecule has 9 heteroatoms. The predicted octanol–water partition coefficient (Wildman–Crippen LogP) is 6.81. The topological polar surface area (TPSA) is 82.6 Å². The number of benzene rings is 2. The molecule has 0 bridgehead atoms. The lowest BCUT2D eigenvalue weighted by molar-refractivity contribution is -0.111. The number of ether oxygens (including phenoxy) is 1. The summed E-state index contributed by atoms with van der Waals surface area (Å²) in [4.78, 5) is 26.3. The van der Waals surface area contributed by atoms with Crippen LogP contribution in [-0.4, -0.2) is 53.0 Å². The molecular weight excluding hydrogens is 520 g/mol. The van der Waals surface area contributed by atoms with E-state index in [0.717, 1.165) is 35.0 Å². The number of nitrogens with one attached hydrogen (secondary N) is 2. The Morgan fingerprint density at radius 2 is 1.77 bits per heavy atom. The van der Waals surface area contributed by atoms with E-state index in [2.05, 4.69) is 56.3 Å². The minimum atomic E-state index is -0.278. The summed E-state index contributed by atoms with van der Waals surface area (Å²) >= 11 is 1.52. The Morgan fingerprint density at radius 1 is 0.975 bits per heavy atom. The van der Waals surface area contributed by atoms with Gasteiger partial charge in [0.2, 0.25) is 17.7 Å². The maximum Gasteiger partial charge on any atom is 0.247 e. The van der Waals surface area contributed by atoms with E-state index >= 15 is 0 Å². The van der Waals surface area contributed by atoms with Crippen LogP contribution in [0.2, 0.25) is 0 Å². The fourth-order valence-electron chi connectivity index (χ4n) is 5.56. The van der Waals surface area contributed by atoms with Gasteiger partial charge in [-0.2, -0.15) is 4.98 Å². The molecular formula is C31H34N6O2S. The number of nitrogens with zero attached hydrogens (tertiary/aromatic N) is 4. The van der Waals surface area contributed by atoms with Crippen molar-refractivity contribution in [2.45, 2.75) is 38.1 Å². The molecule has 0 aliphatic carbocycles. The summed E-state index contributed by atoms with van der Waals surface area (Å²) in [5, 5.41) is 8.07. The Kier molecular flexibility index (Phi) is 7.92. The fourth-order valence-corrected chi connectivity index (χ4v) is 6.32. The number of amides is 1. The highest BCUT2D eigenvalue weighted by atomic mass is 32.1. The molecule has 2 aliphatic heterocycles. The van der Waals surface area contributed by atoms with Gasteiger partial charge in [0.15, 0.2) is 0 Å². The van der Waals surface area contributed by atoms with Crippen molar-refractivity contribution in [3.05, 3.63) is 72.6 Å². The van der Waals surface area contributed by atoms with Crippen molar-refractivity contribution in [1.29, 1.82) is 0 Å². The molecule has 206 valence electrons. The normalized spacial score (nSPS) is 16.6. The first-order chi connectivity index (χ1) is 19.6. The largest absolute Gasteiger partial charge is 0.437 e. The van der Waals surface area contributed by atoms with Gasteiger partial charge in [-0.05, 0) is 92.7 Å². The van der Waals surface area contributed by atoms with Gasteiger partial charge in [0, 0.05) is 42.3 Å². The van der Waals surface area contributed by atoms with Crippen LogP contribution >= 0.6 is 11.3 Å². The summed E-state index contributed by atoms with van der Waals surface area (Å²) in [6.45, 7) is 8.25. The van der Waals surface area contributed by atoms with Gasteiger partial charge in [-0.15, -0.1) is 11.3 Å². The Hall–Kier alpha value is -3.95. The molecule has 6 rings (SSSR count). The third-order valence-electron chi connectivity index (χ3n) is 7.63. The molecule has 40 heavy (non-hydrogen) atoms. The molecule has 0 radical (unpaired) electrons. The van der Waals surface area contributed by atoms with Gasteiger partial charge in [-0.3, -0.25) is 4.79 Å². The van der Waals surface area contributed by atoms with E-state index in [1.165, 1.54) is 68.3 Å². The summed E-state index contributed by atoms with van der Waals surface area (Å²) in [5.74, 6) is 1.21. The van der Waals surface area contributed by atoms with Gasteiger partial charge < -0.3 is 25.2 Å². The summed E-state index contributed by atoms with van der Waals surface area (Å²) in [6, 6.07) is 18.4. The molecule has 0 spiro atoms. The molecule has 1 amide bonds. The zero-order valence-electron chi connectivity index (χ0n) is 22.5. The molecule has 2 N–H and O–H groups in total. The summed E-state index contributed by atoms with van der Waals surface area (Å²) in [5.41, 5.74) is 3.60. The quantitative estimate of drug-likeness (QED) is 0.232. The smallest absolute Gasteiger partial charge is 0.247 e. The van der Waals surface area contributed by atoms with E-state index in [9.17, 15) is 4.79 Å². The highest BCUT2D eigenvalue weighted by Crippen LogP contribution is 2.34. The van der Waals surface area contributed by atoms with E-state index in [4.69, 9.17) is 9.72 Å². The highest BCUT2D eigenvalue weighted by molar-refractivity contribution is 7.17. The number of anilines is 4. The second kappa shape index (κ2) is 12.1. The number of thiophene rings is 1. The van der Waals surface area contributed by atoms with Crippen LogP contribution in [0.15, 0.2) is 72.6 Å². The molecule has 0 atom stereocenters. The molecule has 2 saturated heterocycles. The lowest BCUT2D eigenvalue weighted by Gasteiger charge is -2.41. The van der Waals surface area contributed by atoms with Crippen LogP contribution in [0.4, 0.5) is 23.0 Å².